The molecule has 0 aromatic heterocycles. The van der Waals surface area contributed by atoms with E-state index in [0.29, 0.717) is 0 Å². The van der Waals surface area contributed by atoms with E-state index in [-0.39, 0.29) is 12.5 Å². The topological polar surface area (TPSA) is 55.4 Å². The first-order chi connectivity index (χ1) is 13.7. The number of carbonyl (C=O) groups excluding carboxylic acids is 2. The fourth-order valence-electron chi connectivity index (χ4n) is 3.11. The van der Waals surface area contributed by atoms with Crippen LogP contribution in [0, 0.1) is 0 Å². The maximum absolute atomic E-state index is 12.8. The van der Waals surface area contributed by atoms with E-state index < -0.39 is 11.9 Å². The molecule has 28 heavy (non-hydrogen) atoms. The van der Waals surface area contributed by atoms with Gasteiger partial charge in [0.1, 0.15) is 5.92 Å². The Morgan fingerprint density at radius 3 is 1.93 bits per heavy atom. The average molecular weight is 373 g/mol. The van der Waals surface area contributed by atoms with Crippen LogP contribution in [0.25, 0.3) is 0 Å². The largest absolute Gasteiger partial charge is 0.455 e. The molecular weight excluding hydrogens is 350 g/mol. The highest BCUT2D eigenvalue weighted by molar-refractivity contribution is 5.94. The summed E-state index contributed by atoms with van der Waals surface area (Å²) in [5, 5.41) is 2.82. The molecule has 1 amide bonds. The van der Waals surface area contributed by atoms with Crippen LogP contribution in [-0.4, -0.2) is 18.5 Å². The van der Waals surface area contributed by atoms with E-state index in [1.807, 2.05) is 91.9 Å². The quantitative estimate of drug-likeness (QED) is 0.618. The summed E-state index contributed by atoms with van der Waals surface area (Å²) in [4.78, 5) is 25.1. The van der Waals surface area contributed by atoms with Gasteiger partial charge in [-0.1, -0.05) is 85.8 Å². The molecule has 0 radical (unpaired) electrons. The summed E-state index contributed by atoms with van der Waals surface area (Å²) in [6, 6.07) is 26.5. The first-order valence-electron chi connectivity index (χ1n) is 9.33. The van der Waals surface area contributed by atoms with Crippen molar-refractivity contribution in [3.63, 3.8) is 0 Å². The van der Waals surface area contributed by atoms with Gasteiger partial charge in [0.2, 0.25) is 0 Å². The van der Waals surface area contributed by atoms with Crippen molar-refractivity contribution in [3.8, 4) is 0 Å². The Morgan fingerprint density at radius 1 is 0.821 bits per heavy atom. The fraction of sp³-hybridized carbons (Fsp3) is 0.167. The van der Waals surface area contributed by atoms with E-state index in [4.69, 9.17) is 4.74 Å². The molecule has 0 saturated heterocycles. The van der Waals surface area contributed by atoms with Crippen LogP contribution in [-0.2, 0) is 20.7 Å². The normalized spacial score (nSPS) is 10.5. The molecule has 1 N–H and O–H groups in total. The number of hydrogen-bond acceptors (Lipinski definition) is 3. The van der Waals surface area contributed by atoms with Crippen LogP contribution in [0.4, 0.5) is 5.69 Å². The lowest BCUT2D eigenvalue weighted by Gasteiger charge is -2.17. The zero-order valence-corrected chi connectivity index (χ0v) is 15.8. The van der Waals surface area contributed by atoms with Gasteiger partial charge in [-0.25, -0.2) is 0 Å². The summed E-state index contributed by atoms with van der Waals surface area (Å²) < 4.78 is 5.37. The minimum Gasteiger partial charge on any atom is -0.455 e. The number of amides is 1. The second kappa shape index (κ2) is 9.51. The van der Waals surface area contributed by atoms with Gasteiger partial charge < -0.3 is 10.1 Å². The van der Waals surface area contributed by atoms with Crippen molar-refractivity contribution in [1.29, 1.82) is 0 Å². The molecule has 3 rings (SSSR count). The van der Waals surface area contributed by atoms with Crippen LogP contribution in [0.5, 0.6) is 0 Å². The Labute approximate surface area is 165 Å². The molecule has 0 atom stereocenters. The molecule has 0 aliphatic carbocycles. The molecule has 0 aliphatic rings. The molecule has 0 aliphatic heterocycles. The second-order valence-corrected chi connectivity index (χ2v) is 6.42. The summed E-state index contributed by atoms with van der Waals surface area (Å²) in [6.07, 6.45) is 0.806. The molecular formula is C24H23NO3. The van der Waals surface area contributed by atoms with Crippen LogP contribution >= 0.6 is 0 Å². The molecule has 4 nitrogen and oxygen atoms in total. The standard InChI is InChI=1S/C24H23NO3/c1-2-18-11-9-10-16-21(18)25-22(26)17-28-24(27)23(19-12-5-3-6-13-19)20-14-7-4-8-15-20/h3-16,23H,2,17H2,1H3,(H,25,26). The first-order valence-corrected chi connectivity index (χ1v) is 9.33. The van der Waals surface area contributed by atoms with Crippen molar-refractivity contribution >= 4 is 17.6 Å². The average Bonchev–Trinajstić information content (AvgIpc) is 2.74. The number of esters is 1. The Morgan fingerprint density at radius 2 is 1.36 bits per heavy atom. The Balaban J connectivity index is 1.70. The third kappa shape index (κ3) is 4.86. The molecule has 0 bridgehead atoms. The third-order valence-corrected chi connectivity index (χ3v) is 4.52. The SMILES string of the molecule is CCc1ccccc1NC(=O)COC(=O)C(c1ccccc1)c1ccccc1. The van der Waals surface area contributed by atoms with E-state index in [9.17, 15) is 9.59 Å². The number of hydrogen-bond donors (Lipinski definition) is 1. The van der Waals surface area contributed by atoms with Gasteiger partial charge in [0.25, 0.3) is 5.91 Å². The van der Waals surface area contributed by atoms with Gasteiger partial charge >= 0.3 is 5.97 Å². The number of rotatable bonds is 7. The van der Waals surface area contributed by atoms with Gasteiger partial charge in [-0.05, 0) is 29.2 Å². The number of ether oxygens (including phenoxy) is 1. The van der Waals surface area contributed by atoms with Crippen molar-refractivity contribution < 1.29 is 14.3 Å². The monoisotopic (exact) mass is 373 g/mol. The number of aryl methyl sites for hydroxylation is 1. The lowest BCUT2D eigenvalue weighted by molar-refractivity contribution is -0.147. The van der Waals surface area contributed by atoms with Crippen molar-refractivity contribution in [1.82, 2.24) is 0 Å². The summed E-state index contributed by atoms with van der Waals surface area (Å²) in [5.74, 6) is -1.37. The van der Waals surface area contributed by atoms with E-state index in [1.54, 1.807) is 0 Å². The number of anilines is 1. The fourth-order valence-corrected chi connectivity index (χ4v) is 3.11. The maximum atomic E-state index is 12.8. The summed E-state index contributed by atoms with van der Waals surface area (Å²) in [7, 11) is 0. The maximum Gasteiger partial charge on any atom is 0.318 e. The molecule has 0 heterocycles. The number of benzene rings is 3. The molecule has 3 aromatic rings. The Hall–Kier alpha value is -3.40. The van der Waals surface area contributed by atoms with Gasteiger partial charge in [-0.3, -0.25) is 9.59 Å². The van der Waals surface area contributed by atoms with Crippen LogP contribution < -0.4 is 5.32 Å². The zero-order chi connectivity index (χ0) is 19.8. The third-order valence-electron chi connectivity index (χ3n) is 4.52. The molecule has 142 valence electrons. The van der Waals surface area contributed by atoms with Crippen LogP contribution in [0.1, 0.15) is 29.5 Å². The summed E-state index contributed by atoms with van der Waals surface area (Å²) in [6.45, 7) is 1.70. The Bertz CT molecular complexity index is 883. The zero-order valence-electron chi connectivity index (χ0n) is 15.8. The predicted molar refractivity (Wildman–Crippen MR) is 110 cm³/mol. The number of para-hydroxylation sites is 1. The summed E-state index contributed by atoms with van der Waals surface area (Å²) >= 11 is 0. The van der Waals surface area contributed by atoms with Gasteiger partial charge in [-0.2, -0.15) is 0 Å². The van der Waals surface area contributed by atoms with E-state index >= 15 is 0 Å². The highest BCUT2D eigenvalue weighted by Crippen LogP contribution is 2.26. The lowest BCUT2D eigenvalue weighted by atomic mass is 9.91. The highest BCUT2D eigenvalue weighted by atomic mass is 16.5. The van der Waals surface area contributed by atoms with E-state index in [0.717, 1.165) is 28.8 Å². The molecule has 0 unspecified atom stereocenters. The van der Waals surface area contributed by atoms with Gasteiger partial charge in [-0.15, -0.1) is 0 Å². The van der Waals surface area contributed by atoms with Crippen LogP contribution in [0.15, 0.2) is 84.9 Å². The lowest BCUT2D eigenvalue weighted by Crippen LogP contribution is -2.25. The predicted octanol–water partition coefficient (Wildman–Crippen LogP) is 4.56. The molecule has 0 fully saturated rings. The summed E-state index contributed by atoms with van der Waals surface area (Å²) in [5.41, 5.74) is 3.44. The highest BCUT2D eigenvalue weighted by Gasteiger charge is 2.24. The van der Waals surface area contributed by atoms with Crippen molar-refractivity contribution in [3.05, 3.63) is 102 Å². The van der Waals surface area contributed by atoms with Crippen molar-refractivity contribution in [2.75, 3.05) is 11.9 Å². The van der Waals surface area contributed by atoms with Crippen LogP contribution in [0.2, 0.25) is 0 Å². The van der Waals surface area contributed by atoms with Crippen molar-refractivity contribution in [2.24, 2.45) is 0 Å². The van der Waals surface area contributed by atoms with Crippen molar-refractivity contribution in [2.45, 2.75) is 19.3 Å². The smallest absolute Gasteiger partial charge is 0.318 e. The molecule has 0 saturated carbocycles. The molecule has 3 aromatic carbocycles. The van der Waals surface area contributed by atoms with Crippen LogP contribution in [0.3, 0.4) is 0 Å². The van der Waals surface area contributed by atoms with E-state index in [1.165, 1.54) is 0 Å². The second-order valence-electron chi connectivity index (χ2n) is 6.42. The van der Waals surface area contributed by atoms with Gasteiger partial charge in [0.15, 0.2) is 6.61 Å². The molecule has 4 heteroatoms. The van der Waals surface area contributed by atoms with Gasteiger partial charge in [0.05, 0.1) is 0 Å². The minimum atomic E-state index is -0.571. The molecule has 0 spiro atoms. The number of carbonyl (C=O) groups is 2. The Kier molecular flexibility index (Phi) is 6.58. The minimum absolute atomic E-state index is 0.326. The van der Waals surface area contributed by atoms with Gasteiger partial charge in [0, 0.05) is 5.69 Å². The number of nitrogens with one attached hydrogen (secondary N) is 1. The first kappa shape index (κ1) is 19.4. The van der Waals surface area contributed by atoms with E-state index in [2.05, 4.69) is 5.32 Å².